The number of amides is 1. The van der Waals surface area contributed by atoms with Gasteiger partial charge in [0.1, 0.15) is 0 Å². The Morgan fingerprint density at radius 3 is 2.57 bits per heavy atom. The van der Waals surface area contributed by atoms with Gasteiger partial charge < -0.3 is 5.32 Å². The lowest BCUT2D eigenvalue weighted by atomic mass is 9.94. The second kappa shape index (κ2) is 7.40. The van der Waals surface area contributed by atoms with Crippen molar-refractivity contribution in [3.63, 3.8) is 0 Å². The van der Waals surface area contributed by atoms with Gasteiger partial charge >= 0.3 is 0 Å². The second-order valence-electron chi connectivity index (χ2n) is 6.44. The fraction of sp³-hybridized carbons (Fsp3) is 0.400. The summed E-state index contributed by atoms with van der Waals surface area (Å²) in [5, 5.41) is 3.16. The lowest BCUT2D eigenvalue weighted by Gasteiger charge is -2.19. The molecular weight excluding hydrogens is 284 g/mol. The van der Waals surface area contributed by atoms with Crippen molar-refractivity contribution in [3.8, 4) is 0 Å². The summed E-state index contributed by atoms with van der Waals surface area (Å²) in [5.41, 5.74) is 3.44. The number of hydrogen-bond acceptors (Lipinski definition) is 2. The molecule has 1 saturated carbocycles. The van der Waals surface area contributed by atoms with E-state index in [0.717, 1.165) is 18.5 Å². The van der Waals surface area contributed by atoms with Crippen LogP contribution in [0.1, 0.15) is 48.4 Å². The number of rotatable bonds is 5. The van der Waals surface area contributed by atoms with E-state index in [0.29, 0.717) is 6.54 Å². The highest BCUT2D eigenvalue weighted by atomic mass is 16.1. The molecule has 0 radical (unpaired) electrons. The van der Waals surface area contributed by atoms with E-state index in [1.807, 2.05) is 24.4 Å². The molecule has 1 aromatic heterocycles. The molecule has 0 aliphatic heterocycles. The number of pyridine rings is 1. The van der Waals surface area contributed by atoms with Gasteiger partial charge in [0.2, 0.25) is 5.91 Å². The minimum absolute atomic E-state index is 0.0992. The maximum atomic E-state index is 12.3. The molecule has 1 aromatic carbocycles. The number of aromatic nitrogens is 1. The molecule has 0 bridgehead atoms. The van der Waals surface area contributed by atoms with Crippen LogP contribution < -0.4 is 5.32 Å². The van der Waals surface area contributed by atoms with Gasteiger partial charge in [-0.1, -0.05) is 48.7 Å². The zero-order chi connectivity index (χ0) is 16.1. The van der Waals surface area contributed by atoms with E-state index in [9.17, 15) is 4.79 Å². The Kier molecular flexibility index (Phi) is 5.06. The zero-order valence-corrected chi connectivity index (χ0v) is 13.7. The number of hydrogen-bond donors (Lipinski definition) is 1. The monoisotopic (exact) mass is 308 g/mol. The average molecular weight is 308 g/mol. The summed E-state index contributed by atoms with van der Waals surface area (Å²) in [7, 11) is 0. The third-order valence-electron chi connectivity index (χ3n) is 4.73. The number of carbonyl (C=O) groups excluding carboxylic acids is 1. The van der Waals surface area contributed by atoms with Crippen LogP contribution in [0.15, 0.2) is 48.7 Å². The van der Waals surface area contributed by atoms with Gasteiger partial charge in [-0.2, -0.15) is 0 Å². The molecule has 1 unspecified atom stereocenters. The lowest BCUT2D eigenvalue weighted by Crippen LogP contribution is -2.33. The van der Waals surface area contributed by atoms with Gasteiger partial charge in [-0.15, -0.1) is 0 Å². The van der Waals surface area contributed by atoms with E-state index in [1.165, 1.54) is 24.0 Å². The van der Waals surface area contributed by atoms with Gasteiger partial charge in [0, 0.05) is 30.3 Å². The van der Waals surface area contributed by atoms with Crippen molar-refractivity contribution in [1.29, 1.82) is 0 Å². The first-order valence-corrected chi connectivity index (χ1v) is 8.49. The van der Waals surface area contributed by atoms with Crippen molar-refractivity contribution in [2.24, 2.45) is 5.92 Å². The molecule has 3 rings (SSSR count). The van der Waals surface area contributed by atoms with E-state index in [4.69, 9.17) is 0 Å². The van der Waals surface area contributed by atoms with Crippen molar-refractivity contribution in [2.75, 3.05) is 6.54 Å². The highest BCUT2D eigenvalue weighted by Gasteiger charge is 2.24. The molecule has 120 valence electrons. The topological polar surface area (TPSA) is 42.0 Å². The predicted molar refractivity (Wildman–Crippen MR) is 92.2 cm³/mol. The molecule has 1 amide bonds. The first kappa shape index (κ1) is 15.7. The molecule has 2 aromatic rings. The minimum atomic E-state index is 0.0992. The summed E-state index contributed by atoms with van der Waals surface area (Å²) in [6, 6.07) is 14.5. The Labute approximate surface area is 138 Å². The molecular formula is C20H24N2O. The average Bonchev–Trinajstić information content (AvgIpc) is 3.12. The van der Waals surface area contributed by atoms with E-state index < -0.39 is 0 Å². The normalized spacial score (nSPS) is 16.2. The standard InChI is InChI=1S/C20H24N2O/c1-15-9-11-16(12-10-15)18(19-8-4-5-13-21-19)14-22-20(23)17-6-2-3-7-17/h4-5,8-13,17-18H,2-3,6-7,14H2,1H3,(H,22,23). The smallest absolute Gasteiger partial charge is 0.223 e. The molecule has 23 heavy (non-hydrogen) atoms. The van der Waals surface area contributed by atoms with Crippen molar-refractivity contribution in [2.45, 2.75) is 38.5 Å². The Morgan fingerprint density at radius 1 is 1.17 bits per heavy atom. The molecule has 0 saturated heterocycles. The van der Waals surface area contributed by atoms with Gasteiger partial charge in [0.05, 0.1) is 0 Å². The third-order valence-corrected chi connectivity index (χ3v) is 4.73. The molecule has 1 heterocycles. The summed E-state index contributed by atoms with van der Waals surface area (Å²) >= 11 is 0. The minimum Gasteiger partial charge on any atom is -0.355 e. The quantitative estimate of drug-likeness (QED) is 0.912. The van der Waals surface area contributed by atoms with Gasteiger partial charge in [-0.3, -0.25) is 9.78 Å². The number of nitrogens with one attached hydrogen (secondary N) is 1. The zero-order valence-electron chi connectivity index (χ0n) is 13.7. The predicted octanol–water partition coefficient (Wildman–Crippen LogP) is 3.83. The SMILES string of the molecule is Cc1ccc(C(CNC(=O)C2CCCC2)c2ccccn2)cc1. The Bertz CT molecular complexity index is 630. The number of nitrogens with zero attached hydrogens (tertiary/aromatic N) is 1. The Hall–Kier alpha value is -2.16. The molecule has 3 nitrogen and oxygen atoms in total. The fourth-order valence-electron chi connectivity index (χ4n) is 3.31. The van der Waals surface area contributed by atoms with E-state index in [-0.39, 0.29) is 17.7 Å². The highest BCUT2D eigenvalue weighted by molar-refractivity contribution is 5.79. The van der Waals surface area contributed by atoms with Crippen LogP contribution in [-0.2, 0) is 4.79 Å². The first-order valence-electron chi connectivity index (χ1n) is 8.49. The Morgan fingerprint density at radius 2 is 1.91 bits per heavy atom. The van der Waals surface area contributed by atoms with Gasteiger partial charge in [-0.25, -0.2) is 0 Å². The van der Waals surface area contributed by atoms with Crippen LogP contribution in [0.4, 0.5) is 0 Å². The summed E-state index contributed by atoms with van der Waals surface area (Å²) < 4.78 is 0. The van der Waals surface area contributed by atoms with E-state index >= 15 is 0 Å². The fourth-order valence-corrected chi connectivity index (χ4v) is 3.31. The van der Waals surface area contributed by atoms with E-state index in [2.05, 4.69) is 41.5 Å². The molecule has 0 spiro atoms. The second-order valence-corrected chi connectivity index (χ2v) is 6.44. The molecule has 1 aliphatic rings. The van der Waals surface area contributed by atoms with Gasteiger partial charge in [0.15, 0.2) is 0 Å². The van der Waals surface area contributed by atoms with Gasteiger partial charge in [-0.05, 0) is 37.5 Å². The van der Waals surface area contributed by atoms with Gasteiger partial charge in [0.25, 0.3) is 0 Å². The van der Waals surface area contributed by atoms with E-state index in [1.54, 1.807) is 0 Å². The highest BCUT2D eigenvalue weighted by Crippen LogP contribution is 2.26. The van der Waals surface area contributed by atoms with Crippen LogP contribution in [0.25, 0.3) is 0 Å². The molecule has 3 heteroatoms. The maximum absolute atomic E-state index is 12.3. The van der Waals surface area contributed by atoms with Crippen LogP contribution in [0.5, 0.6) is 0 Å². The van der Waals surface area contributed by atoms with Crippen molar-refractivity contribution in [1.82, 2.24) is 10.3 Å². The largest absolute Gasteiger partial charge is 0.355 e. The lowest BCUT2D eigenvalue weighted by molar-refractivity contribution is -0.124. The summed E-state index contributed by atoms with van der Waals surface area (Å²) in [6.45, 7) is 2.69. The van der Waals surface area contributed by atoms with Crippen molar-refractivity contribution >= 4 is 5.91 Å². The Balaban J connectivity index is 1.75. The van der Waals surface area contributed by atoms with Crippen LogP contribution in [0.2, 0.25) is 0 Å². The molecule has 1 N–H and O–H groups in total. The maximum Gasteiger partial charge on any atom is 0.223 e. The molecule has 1 fully saturated rings. The number of aryl methyl sites for hydroxylation is 1. The van der Waals surface area contributed by atoms with Crippen LogP contribution in [0, 0.1) is 12.8 Å². The summed E-state index contributed by atoms with van der Waals surface area (Å²) in [5.74, 6) is 0.509. The van der Waals surface area contributed by atoms with Crippen LogP contribution >= 0.6 is 0 Å². The molecule has 1 atom stereocenters. The summed E-state index contributed by atoms with van der Waals surface area (Å²) in [6.07, 6.45) is 6.24. The third kappa shape index (κ3) is 3.98. The van der Waals surface area contributed by atoms with Crippen molar-refractivity contribution < 1.29 is 4.79 Å². The van der Waals surface area contributed by atoms with Crippen LogP contribution in [-0.4, -0.2) is 17.4 Å². The molecule has 1 aliphatic carbocycles. The van der Waals surface area contributed by atoms with Crippen LogP contribution in [0.3, 0.4) is 0 Å². The van der Waals surface area contributed by atoms with Crippen molar-refractivity contribution in [3.05, 3.63) is 65.5 Å². The number of carbonyl (C=O) groups is 1. The first-order chi connectivity index (χ1) is 11.2. The summed E-state index contributed by atoms with van der Waals surface area (Å²) in [4.78, 5) is 16.8. The number of benzene rings is 1.